The summed E-state index contributed by atoms with van der Waals surface area (Å²) in [6.07, 6.45) is 1.10. The van der Waals surface area contributed by atoms with Crippen LogP contribution in [0.25, 0.3) is 0 Å². The van der Waals surface area contributed by atoms with E-state index in [0.717, 1.165) is 38.4 Å². The van der Waals surface area contributed by atoms with E-state index in [0.29, 0.717) is 12.1 Å². The number of nitrogens with zero attached hydrogens (tertiary/aromatic N) is 1. The highest BCUT2D eigenvalue weighted by atomic mass is 16.5. The summed E-state index contributed by atoms with van der Waals surface area (Å²) < 4.78 is 11.3. The summed E-state index contributed by atoms with van der Waals surface area (Å²) in [7, 11) is 3.56. The summed E-state index contributed by atoms with van der Waals surface area (Å²) in [6.45, 7) is 10.3. The van der Waals surface area contributed by atoms with Gasteiger partial charge in [0.2, 0.25) is 0 Å². The first-order chi connectivity index (χ1) is 17.4. The number of likely N-dealkylation sites (tertiary alicyclic amines) is 1. The number of hydrogen-bond acceptors (Lipinski definition) is 4. The largest absolute Gasteiger partial charge is 0.496 e. The van der Waals surface area contributed by atoms with Crippen molar-refractivity contribution in [3.63, 3.8) is 0 Å². The first-order valence-electron chi connectivity index (χ1n) is 13.2. The highest BCUT2D eigenvalue weighted by Crippen LogP contribution is 2.37. The molecule has 2 atom stereocenters. The minimum Gasteiger partial charge on any atom is -0.496 e. The molecule has 0 bridgehead atoms. The highest BCUT2D eigenvalue weighted by Gasteiger charge is 2.40. The van der Waals surface area contributed by atoms with Crippen LogP contribution in [0.3, 0.4) is 0 Å². The van der Waals surface area contributed by atoms with Crippen LogP contribution in [-0.2, 0) is 16.7 Å². The molecule has 0 aliphatic carbocycles. The van der Waals surface area contributed by atoms with Gasteiger partial charge in [0.1, 0.15) is 5.75 Å². The van der Waals surface area contributed by atoms with Crippen LogP contribution in [0.5, 0.6) is 5.75 Å². The molecule has 0 aromatic heterocycles. The van der Waals surface area contributed by atoms with E-state index in [-0.39, 0.29) is 11.3 Å². The molecule has 1 fully saturated rings. The van der Waals surface area contributed by atoms with Crippen LogP contribution in [0, 0.1) is 0 Å². The van der Waals surface area contributed by atoms with Crippen LogP contribution in [0.2, 0.25) is 0 Å². The number of benzene rings is 3. The Kier molecular flexibility index (Phi) is 8.84. The van der Waals surface area contributed by atoms with Gasteiger partial charge in [0, 0.05) is 50.3 Å². The maximum Gasteiger partial charge on any atom is 0.123 e. The summed E-state index contributed by atoms with van der Waals surface area (Å²) in [4.78, 5) is 2.62. The predicted octanol–water partition coefficient (Wildman–Crippen LogP) is 6.00. The Morgan fingerprint density at radius 3 is 2.11 bits per heavy atom. The van der Waals surface area contributed by atoms with Crippen molar-refractivity contribution in [3.05, 3.63) is 101 Å². The standard InChI is InChI=1S/C32H42N2O2/c1-32(2,3)27-16-17-29(36-5)26(22-27)23-33-28-18-19-34(20-21-35-4)31(28)30(24-12-8-6-9-13-24)25-14-10-7-11-15-25/h6-17,22,28,30-31,33H,18-21,23H2,1-5H3. The first-order valence-corrected chi connectivity index (χ1v) is 13.2. The van der Waals surface area contributed by atoms with E-state index >= 15 is 0 Å². The van der Waals surface area contributed by atoms with Crippen LogP contribution in [0.15, 0.2) is 78.9 Å². The third-order valence-electron chi connectivity index (χ3n) is 7.50. The van der Waals surface area contributed by atoms with Crippen molar-refractivity contribution in [1.29, 1.82) is 0 Å². The lowest BCUT2D eigenvalue weighted by atomic mass is 9.82. The second kappa shape index (κ2) is 12.1. The fourth-order valence-corrected chi connectivity index (χ4v) is 5.55. The molecule has 0 amide bonds. The Morgan fingerprint density at radius 1 is 0.917 bits per heavy atom. The van der Waals surface area contributed by atoms with Crippen molar-refractivity contribution >= 4 is 0 Å². The molecule has 0 radical (unpaired) electrons. The molecule has 0 spiro atoms. The number of hydrogen-bond donors (Lipinski definition) is 1. The lowest BCUT2D eigenvalue weighted by Gasteiger charge is -2.36. The highest BCUT2D eigenvalue weighted by molar-refractivity contribution is 5.40. The van der Waals surface area contributed by atoms with Crippen LogP contribution in [0.4, 0.5) is 0 Å². The fourth-order valence-electron chi connectivity index (χ4n) is 5.55. The summed E-state index contributed by atoms with van der Waals surface area (Å²) in [5, 5.41) is 3.97. The lowest BCUT2D eigenvalue weighted by Crippen LogP contribution is -2.47. The Balaban J connectivity index is 1.66. The minimum atomic E-state index is 0.0968. The fraction of sp³-hybridized carbons (Fsp3) is 0.438. The van der Waals surface area contributed by atoms with Gasteiger partial charge < -0.3 is 14.8 Å². The summed E-state index contributed by atoms with van der Waals surface area (Å²) in [6, 6.07) is 29.2. The van der Waals surface area contributed by atoms with Crippen molar-refractivity contribution in [3.8, 4) is 5.75 Å². The molecular formula is C32H42N2O2. The molecule has 1 saturated heterocycles. The Morgan fingerprint density at radius 2 is 1.56 bits per heavy atom. The molecule has 4 nitrogen and oxygen atoms in total. The molecule has 192 valence electrons. The van der Waals surface area contributed by atoms with Crippen molar-refractivity contribution in [1.82, 2.24) is 10.2 Å². The van der Waals surface area contributed by atoms with Gasteiger partial charge in [-0.2, -0.15) is 0 Å². The van der Waals surface area contributed by atoms with Gasteiger partial charge in [-0.15, -0.1) is 0 Å². The molecule has 1 N–H and O–H groups in total. The topological polar surface area (TPSA) is 33.7 Å². The smallest absolute Gasteiger partial charge is 0.123 e. The molecule has 1 aliphatic rings. The molecule has 1 heterocycles. The van der Waals surface area contributed by atoms with E-state index in [1.165, 1.54) is 22.3 Å². The maximum atomic E-state index is 5.75. The number of ether oxygens (including phenoxy) is 2. The second-order valence-electron chi connectivity index (χ2n) is 10.9. The lowest BCUT2D eigenvalue weighted by molar-refractivity contribution is 0.130. The summed E-state index contributed by atoms with van der Waals surface area (Å²) >= 11 is 0. The molecular weight excluding hydrogens is 444 g/mol. The van der Waals surface area contributed by atoms with Gasteiger partial charge in [-0.1, -0.05) is 93.6 Å². The van der Waals surface area contributed by atoms with Gasteiger partial charge in [-0.25, -0.2) is 0 Å². The summed E-state index contributed by atoms with van der Waals surface area (Å²) in [5.74, 6) is 1.22. The normalized spacial score (nSPS) is 18.6. The molecule has 0 saturated carbocycles. The Hall–Kier alpha value is -2.66. The van der Waals surface area contributed by atoms with Crippen LogP contribution < -0.4 is 10.1 Å². The molecule has 36 heavy (non-hydrogen) atoms. The average Bonchev–Trinajstić information content (AvgIpc) is 3.29. The van der Waals surface area contributed by atoms with Gasteiger partial charge in [0.25, 0.3) is 0 Å². The molecule has 4 heteroatoms. The zero-order valence-corrected chi connectivity index (χ0v) is 22.5. The summed E-state index contributed by atoms with van der Waals surface area (Å²) in [5.41, 5.74) is 5.36. The van der Waals surface area contributed by atoms with E-state index in [9.17, 15) is 0 Å². The van der Waals surface area contributed by atoms with E-state index in [2.05, 4.69) is 110 Å². The van der Waals surface area contributed by atoms with Crippen LogP contribution in [-0.4, -0.2) is 50.9 Å². The van der Waals surface area contributed by atoms with E-state index in [4.69, 9.17) is 9.47 Å². The first kappa shape index (κ1) is 26.4. The predicted molar refractivity (Wildman–Crippen MR) is 149 cm³/mol. The van der Waals surface area contributed by atoms with Gasteiger partial charge in [-0.05, 0) is 34.6 Å². The number of methoxy groups -OCH3 is 2. The number of rotatable bonds is 10. The van der Waals surface area contributed by atoms with Crippen molar-refractivity contribution < 1.29 is 9.47 Å². The minimum absolute atomic E-state index is 0.0968. The molecule has 2 unspecified atom stereocenters. The SMILES string of the molecule is COCCN1CCC(NCc2cc(C(C)(C)C)ccc2OC)C1C(c1ccccc1)c1ccccc1. The third kappa shape index (κ3) is 6.18. The van der Waals surface area contributed by atoms with Crippen LogP contribution >= 0.6 is 0 Å². The molecule has 3 aromatic rings. The van der Waals surface area contributed by atoms with Crippen molar-refractivity contribution in [2.75, 3.05) is 33.9 Å². The maximum absolute atomic E-state index is 5.75. The average molecular weight is 487 g/mol. The van der Waals surface area contributed by atoms with Crippen molar-refractivity contribution in [2.45, 2.75) is 57.2 Å². The molecule has 3 aromatic carbocycles. The Bertz CT molecular complexity index is 1040. The monoisotopic (exact) mass is 486 g/mol. The second-order valence-corrected chi connectivity index (χ2v) is 10.9. The van der Waals surface area contributed by atoms with E-state index < -0.39 is 0 Å². The van der Waals surface area contributed by atoms with E-state index in [1.54, 1.807) is 14.2 Å². The van der Waals surface area contributed by atoms with Gasteiger partial charge in [0.05, 0.1) is 13.7 Å². The van der Waals surface area contributed by atoms with Gasteiger partial charge in [-0.3, -0.25) is 4.90 Å². The van der Waals surface area contributed by atoms with Crippen molar-refractivity contribution in [2.24, 2.45) is 0 Å². The Labute approximate surface area is 217 Å². The molecule has 1 aliphatic heterocycles. The number of nitrogens with one attached hydrogen (secondary N) is 1. The van der Waals surface area contributed by atoms with Crippen LogP contribution in [0.1, 0.15) is 55.4 Å². The zero-order valence-electron chi connectivity index (χ0n) is 22.5. The quantitative estimate of drug-likeness (QED) is 0.381. The van der Waals surface area contributed by atoms with Gasteiger partial charge >= 0.3 is 0 Å². The molecule has 4 rings (SSSR count). The third-order valence-corrected chi connectivity index (χ3v) is 7.50. The van der Waals surface area contributed by atoms with Gasteiger partial charge in [0.15, 0.2) is 0 Å². The zero-order chi connectivity index (χ0) is 25.5. The van der Waals surface area contributed by atoms with E-state index in [1.807, 2.05) is 0 Å².